The molecule has 1 rings (SSSR count). The SMILES string of the molecule is CCC(C)NC(=O)C(C)Nc1ccc(F)c(F)c1F. The average molecular weight is 274 g/mol. The fraction of sp³-hybridized carbons (Fsp3) is 0.462. The lowest BCUT2D eigenvalue weighted by Gasteiger charge is -2.18. The van der Waals surface area contributed by atoms with Gasteiger partial charge >= 0.3 is 0 Å². The van der Waals surface area contributed by atoms with E-state index in [4.69, 9.17) is 0 Å². The van der Waals surface area contributed by atoms with E-state index in [1.54, 1.807) is 0 Å². The van der Waals surface area contributed by atoms with Crippen molar-refractivity contribution in [1.29, 1.82) is 0 Å². The van der Waals surface area contributed by atoms with Crippen LogP contribution in [-0.2, 0) is 4.79 Å². The van der Waals surface area contributed by atoms with E-state index in [2.05, 4.69) is 10.6 Å². The summed E-state index contributed by atoms with van der Waals surface area (Å²) >= 11 is 0. The molecule has 0 aromatic heterocycles. The minimum absolute atomic E-state index is 0.00782. The summed E-state index contributed by atoms with van der Waals surface area (Å²) in [6.45, 7) is 5.26. The predicted octanol–water partition coefficient (Wildman–Crippen LogP) is 2.82. The molecular formula is C13H17F3N2O. The summed E-state index contributed by atoms with van der Waals surface area (Å²) in [5.41, 5.74) is -0.245. The fourth-order valence-electron chi connectivity index (χ4n) is 1.41. The molecule has 3 nitrogen and oxygen atoms in total. The largest absolute Gasteiger partial charge is 0.371 e. The van der Waals surface area contributed by atoms with Crippen molar-refractivity contribution >= 4 is 11.6 Å². The van der Waals surface area contributed by atoms with Gasteiger partial charge in [-0.1, -0.05) is 6.92 Å². The first-order valence-electron chi connectivity index (χ1n) is 6.07. The molecule has 2 N–H and O–H groups in total. The summed E-state index contributed by atoms with van der Waals surface area (Å²) in [4.78, 5) is 11.7. The van der Waals surface area contributed by atoms with Crippen molar-refractivity contribution in [2.45, 2.75) is 39.3 Å². The lowest BCUT2D eigenvalue weighted by atomic mass is 10.2. The maximum atomic E-state index is 13.4. The number of hydrogen-bond donors (Lipinski definition) is 2. The molecule has 0 fully saturated rings. The molecule has 2 unspecified atom stereocenters. The van der Waals surface area contributed by atoms with Gasteiger partial charge in [0.2, 0.25) is 5.91 Å². The van der Waals surface area contributed by atoms with E-state index in [9.17, 15) is 18.0 Å². The van der Waals surface area contributed by atoms with Crippen molar-refractivity contribution in [3.8, 4) is 0 Å². The molecule has 1 aromatic rings. The molecule has 1 amide bonds. The Morgan fingerprint density at radius 3 is 2.42 bits per heavy atom. The van der Waals surface area contributed by atoms with Crippen LogP contribution < -0.4 is 10.6 Å². The molecule has 0 saturated carbocycles. The normalized spacial score (nSPS) is 13.8. The Balaban J connectivity index is 2.74. The highest BCUT2D eigenvalue weighted by Crippen LogP contribution is 2.20. The van der Waals surface area contributed by atoms with Gasteiger partial charge in [-0.15, -0.1) is 0 Å². The van der Waals surface area contributed by atoms with E-state index in [0.29, 0.717) is 0 Å². The third-order valence-corrected chi connectivity index (χ3v) is 2.80. The van der Waals surface area contributed by atoms with Gasteiger partial charge in [0.05, 0.1) is 5.69 Å². The molecule has 6 heteroatoms. The molecule has 0 radical (unpaired) electrons. The van der Waals surface area contributed by atoms with Crippen LogP contribution in [0.15, 0.2) is 12.1 Å². The van der Waals surface area contributed by atoms with Gasteiger partial charge in [-0.25, -0.2) is 13.2 Å². The molecule has 106 valence electrons. The van der Waals surface area contributed by atoms with Gasteiger partial charge in [-0.05, 0) is 32.4 Å². The third-order valence-electron chi connectivity index (χ3n) is 2.80. The minimum atomic E-state index is -1.56. The molecule has 19 heavy (non-hydrogen) atoms. The molecule has 0 bridgehead atoms. The second-order valence-corrected chi connectivity index (χ2v) is 4.41. The maximum Gasteiger partial charge on any atom is 0.242 e. The smallest absolute Gasteiger partial charge is 0.242 e. The second-order valence-electron chi connectivity index (χ2n) is 4.41. The second kappa shape index (κ2) is 6.45. The number of amides is 1. The zero-order valence-corrected chi connectivity index (χ0v) is 11.1. The lowest BCUT2D eigenvalue weighted by Crippen LogP contribution is -2.42. The topological polar surface area (TPSA) is 41.1 Å². The molecule has 0 saturated heterocycles. The zero-order valence-electron chi connectivity index (χ0n) is 11.1. The Kier molecular flexibility index (Phi) is 5.20. The van der Waals surface area contributed by atoms with Crippen LogP contribution >= 0.6 is 0 Å². The van der Waals surface area contributed by atoms with Crippen LogP contribution in [0.4, 0.5) is 18.9 Å². The Morgan fingerprint density at radius 1 is 1.21 bits per heavy atom. The number of hydrogen-bond acceptors (Lipinski definition) is 2. The van der Waals surface area contributed by atoms with Crippen molar-refractivity contribution in [2.75, 3.05) is 5.32 Å². The molecule has 0 aliphatic heterocycles. The van der Waals surface area contributed by atoms with Crippen molar-refractivity contribution < 1.29 is 18.0 Å². The Hall–Kier alpha value is -1.72. The Morgan fingerprint density at radius 2 is 1.84 bits per heavy atom. The maximum absolute atomic E-state index is 13.4. The van der Waals surface area contributed by atoms with Gasteiger partial charge in [0.1, 0.15) is 6.04 Å². The van der Waals surface area contributed by atoms with E-state index in [-0.39, 0.29) is 17.6 Å². The van der Waals surface area contributed by atoms with Gasteiger partial charge in [-0.2, -0.15) is 0 Å². The van der Waals surface area contributed by atoms with Crippen LogP contribution in [0.5, 0.6) is 0 Å². The summed E-state index contributed by atoms with van der Waals surface area (Å²) in [5.74, 6) is -4.49. The van der Waals surface area contributed by atoms with Crippen molar-refractivity contribution in [3.63, 3.8) is 0 Å². The number of carbonyl (C=O) groups is 1. The number of nitrogens with one attached hydrogen (secondary N) is 2. The number of benzene rings is 1. The van der Waals surface area contributed by atoms with Crippen LogP contribution in [0, 0.1) is 17.5 Å². The van der Waals surface area contributed by atoms with Crippen molar-refractivity contribution in [1.82, 2.24) is 5.32 Å². The average Bonchev–Trinajstić information content (AvgIpc) is 2.39. The first kappa shape index (κ1) is 15.3. The number of halogens is 3. The Labute approximate surface area is 110 Å². The summed E-state index contributed by atoms with van der Waals surface area (Å²) in [6, 6.07) is 1.10. The number of anilines is 1. The molecule has 0 aliphatic rings. The summed E-state index contributed by atoms with van der Waals surface area (Å²) in [6.07, 6.45) is 0.762. The van der Waals surface area contributed by atoms with Crippen molar-refractivity contribution in [2.24, 2.45) is 0 Å². The molecular weight excluding hydrogens is 257 g/mol. The molecule has 0 aliphatic carbocycles. The van der Waals surface area contributed by atoms with Gasteiger partial charge in [0.15, 0.2) is 17.5 Å². The highest BCUT2D eigenvalue weighted by atomic mass is 19.2. The standard InChI is InChI=1S/C13H17F3N2O/c1-4-7(2)17-13(19)8(3)18-10-6-5-9(14)11(15)12(10)16/h5-8,18H,4H2,1-3H3,(H,17,19). The van der Waals surface area contributed by atoms with Crippen molar-refractivity contribution in [3.05, 3.63) is 29.6 Å². The van der Waals surface area contributed by atoms with E-state index in [1.165, 1.54) is 6.92 Å². The van der Waals surface area contributed by atoms with Crippen LogP contribution in [-0.4, -0.2) is 18.0 Å². The van der Waals surface area contributed by atoms with Gasteiger partial charge in [0, 0.05) is 6.04 Å². The molecule has 2 atom stereocenters. The zero-order chi connectivity index (χ0) is 14.6. The van der Waals surface area contributed by atoms with Gasteiger partial charge in [-0.3, -0.25) is 4.79 Å². The van der Waals surface area contributed by atoms with Gasteiger partial charge in [0.25, 0.3) is 0 Å². The number of rotatable bonds is 5. The lowest BCUT2D eigenvalue weighted by molar-refractivity contribution is -0.122. The minimum Gasteiger partial charge on any atom is -0.371 e. The van der Waals surface area contributed by atoms with Crippen LogP contribution in [0.3, 0.4) is 0 Å². The Bertz CT molecular complexity index is 465. The van der Waals surface area contributed by atoms with E-state index >= 15 is 0 Å². The van der Waals surface area contributed by atoms with Crippen LogP contribution in [0.1, 0.15) is 27.2 Å². The first-order chi connectivity index (χ1) is 8.86. The fourth-order valence-corrected chi connectivity index (χ4v) is 1.41. The van der Waals surface area contributed by atoms with E-state index in [0.717, 1.165) is 18.6 Å². The third kappa shape index (κ3) is 3.87. The monoisotopic (exact) mass is 274 g/mol. The summed E-state index contributed by atoms with van der Waals surface area (Å²) in [7, 11) is 0. The van der Waals surface area contributed by atoms with Crippen LogP contribution in [0.25, 0.3) is 0 Å². The van der Waals surface area contributed by atoms with E-state index in [1.807, 2.05) is 13.8 Å². The molecule has 1 aromatic carbocycles. The van der Waals surface area contributed by atoms with Crippen LogP contribution in [0.2, 0.25) is 0 Å². The molecule has 0 heterocycles. The summed E-state index contributed by atoms with van der Waals surface area (Å²) in [5, 5.41) is 5.22. The quantitative estimate of drug-likeness (QED) is 0.811. The summed E-state index contributed by atoms with van der Waals surface area (Å²) < 4.78 is 39.2. The van der Waals surface area contributed by atoms with E-state index < -0.39 is 23.5 Å². The first-order valence-corrected chi connectivity index (χ1v) is 6.07. The molecule has 0 spiro atoms. The van der Waals surface area contributed by atoms with Gasteiger partial charge < -0.3 is 10.6 Å². The number of carbonyl (C=O) groups excluding carboxylic acids is 1. The highest BCUT2D eigenvalue weighted by molar-refractivity contribution is 5.84. The highest BCUT2D eigenvalue weighted by Gasteiger charge is 2.18. The predicted molar refractivity (Wildman–Crippen MR) is 67.3 cm³/mol.